The Morgan fingerprint density at radius 2 is 1.69 bits per heavy atom. The van der Waals surface area contributed by atoms with Crippen LogP contribution in [0.25, 0.3) is 0 Å². The van der Waals surface area contributed by atoms with Crippen LogP contribution in [0.3, 0.4) is 0 Å². The van der Waals surface area contributed by atoms with Crippen LogP contribution in [0.15, 0.2) is 48.5 Å². The largest absolute Gasteiger partial charge is 0.297 e. The van der Waals surface area contributed by atoms with E-state index in [1.165, 1.54) is 5.56 Å². The highest BCUT2D eigenvalue weighted by Gasteiger charge is 2.37. The summed E-state index contributed by atoms with van der Waals surface area (Å²) in [6.07, 6.45) is 2.76. The standard InChI is InChI=1S/C25H32Cl2N2/c1-6-22(29(5)19(4)20-10-8-7-9-11-20)14-15-25(17-28,18(2)3)21-12-13-23(26)24(27)16-21/h7-13,16,18-19,22H,6,14-15H2,1-5H3. The molecule has 0 aliphatic heterocycles. The van der Waals surface area contributed by atoms with Crippen molar-refractivity contribution in [3.05, 3.63) is 69.7 Å². The van der Waals surface area contributed by atoms with Crippen LogP contribution >= 0.6 is 23.2 Å². The molecule has 0 fully saturated rings. The van der Waals surface area contributed by atoms with Gasteiger partial charge in [-0.2, -0.15) is 5.26 Å². The molecule has 0 aromatic heterocycles. The molecule has 0 bridgehead atoms. The number of nitrogens with zero attached hydrogens (tertiary/aromatic N) is 2. The molecule has 0 saturated carbocycles. The first-order valence-corrected chi connectivity index (χ1v) is 11.2. The minimum absolute atomic E-state index is 0.166. The number of halogens is 2. The first kappa shape index (κ1) is 23.7. The van der Waals surface area contributed by atoms with Crippen LogP contribution < -0.4 is 0 Å². The lowest BCUT2D eigenvalue weighted by molar-refractivity contribution is 0.158. The molecular formula is C25H32Cl2N2. The fourth-order valence-corrected chi connectivity index (χ4v) is 4.46. The summed E-state index contributed by atoms with van der Waals surface area (Å²) in [5, 5.41) is 11.3. The fourth-order valence-electron chi connectivity index (χ4n) is 4.16. The Morgan fingerprint density at radius 1 is 1.03 bits per heavy atom. The van der Waals surface area contributed by atoms with Gasteiger partial charge in [0.05, 0.1) is 21.5 Å². The van der Waals surface area contributed by atoms with Crippen LogP contribution in [-0.2, 0) is 5.41 Å². The normalized spacial score (nSPS) is 15.7. The third kappa shape index (κ3) is 5.34. The fraction of sp³-hybridized carbons (Fsp3) is 0.480. The molecular weight excluding hydrogens is 399 g/mol. The predicted octanol–water partition coefficient (Wildman–Crippen LogP) is 7.66. The quantitative estimate of drug-likeness (QED) is 0.407. The minimum Gasteiger partial charge on any atom is -0.297 e. The Labute approximate surface area is 186 Å². The maximum atomic E-state index is 10.2. The molecule has 0 saturated heterocycles. The summed E-state index contributed by atoms with van der Waals surface area (Å²) >= 11 is 12.4. The third-order valence-corrected chi connectivity index (χ3v) is 7.17. The van der Waals surface area contributed by atoms with Crippen molar-refractivity contribution in [2.45, 2.75) is 64.5 Å². The van der Waals surface area contributed by atoms with Gasteiger partial charge in [0, 0.05) is 12.1 Å². The average molecular weight is 431 g/mol. The molecule has 2 aromatic rings. The van der Waals surface area contributed by atoms with Crippen molar-refractivity contribution >= 4 is 23.2 Å². The van der Waals surface area contributed by atoms with Crippen molar-refractivity contribution in [2.24, 2.45) is 5.92 Å². The molecule has 4 heteroatoms. The van der Waals surface area contributed by atoms with Crippen molar-refractivity contribution in [3.8, 4) is 6.07 Å². The monoisotopic (exact) mass is 430 g/mol. The molecule has 156 valence electrons. The Bertz CT molecular complexity index is 828. The van der Waals surface area contributed by atoms with E-state index >= 15 is 0 Å². The first-order chi connectivity index (χ1) is 13.8. The molecule has 3 atom stereocenters. The number of rotatable bonds is 9. The van der Waals surface area contributed by atoms with E-state index in [-0.39, 0.29) is 5.92 Å². The van der Waals surface area contributed by atoms with Gasteiger partial charge in [0.25, 0.3) is 0 Å². The average Bonchev–Trinajstić information content (AvgIpc) is 2.73. The number of hydrogen-bond acceptors (Lipinski definition) is 2. The number of hydrogen-bond donors (Lipinski definition) is 0. The molecule has 0 heterocycles. The maximum absolute atomic E-state index is 10.2. The Balaban J connectivity index is 2.24. The van der Waals surface area contributed by atoms with Gasteiger partial charge in [-0.25, -0.2) is 0 Å². The molecule has 2 aromatic carbocycles. The summed E-state index contributed by atoms with van der Waals surface area (Å²) in [6.45, 7) is 8.70. The van der Waals surface area contributed by atoms with E-state index in [1.807, 2.05) is 12.1 Å². The lowest BCUT2D eigenvalue weighted by Crippen LogP contribution is -2.37. The Hall–Kier alpha value is -1.53. The number of nitriles is 1. The summed E-state index contributed by atoms with van der Waals surface area (Å²) in [5.41, 5.74) is 1.68. The van der Waals surface area contributed by atoms with Crippen LogP contribution in [0, 0.1) is 17.2 Å². The van der Waals surface area contributed by atoms with Crippen LogP contribution in [0.5, 0.6) is 0 Å². The highest BCUT2D eigenvalue weighted by molar-refractivity contribution is 6.42. The van der Waals surface area contributed by atoms with Crippen LogP contribution in [0.2, 0.25) is 10.0 Å². The molecule has 2 nitrogen and oxygen atoms in total. The van der Waals surface area contributed by atoms with E-state index < -0.39 is 5.41 Å². The van der Waals surface area contributed by atoms with Crippen molar-refractivity contribution in [1.82, 2.24) is 4.90 Å². The topological polar surface area (TPSA) is 27.0 Å². The van der Waals surface area contributed by atoms with Crippen molar-refractivity contribution in [3.63, 3.8) is 0 Å². The zero-order chi connectivity index (χ0) is 21.6. The Kier molecular flexibility index (Phi) is 8.58. The van der Waals surface area contributed by atoms with Gasteiger partial charge in [-0.3, -0.25) is 4.90 Å². The summed E-state index contributed by atoms with van der Waals surface area (Å²) in [5.74, 6) is 0.166. The maximum Gasteiger partial charge on any atom is 0.0846 e. The van der Waals surface area contributed by atoms with Gasteiger partial charge in [-0.05, 0) is 62.4 Å². The zero-order valence-corrected chi connectivity index (χ0v) is 19.6. The lowest BCUT2D eigenvalue weighted by Gasteiger charge is -2.37. The minimum atomic E-state index is -0.585. The highest BCUT2D eigenvalue weighted by Crippen LogP contribution is 2.40. The second-order valence-corrected chi connectivity index (χ2v) is 9.03. The molecule has 0 amide bonds. The highest BCUT2D eigenvalue weighted by atomic mass is 35.5. The molecule has 2 rings (SSSR count). The van der Waals surface area contributed by atoms with Crippen molar-refractivity contribution in [1.29, 1.82) is 5.26 Å². The van der Waals surface area contributed by atoms with E-state index in [1.54, 1.807) is 6.07 Å². The molecule has 0 radical (unpaired) electrons. The molecule has 29 heavy (non-hydrogen) atoms. The van der Waals surface area contributed by atoms with Crippen LogP contribution in [-0.4, -0.2) is 18.0 Å². The van der Waals surface area contributed by atoms with Gasteiger partial charge in [0.1, 0.15) is 0 Å². The van der Waals surface area contributed by atoms with E-state index in [9.17, 15) is 5.26 Å². The summed E-state index contributed by atoms with van der Waals surface area (Å²) in [7, 11) is 2.19. The zero-order valence-electron chi connectivity index (χ0n) is 18.1. The predicted molar refractivity (Wildman–Crippen MR) is 125 cm³/mol. The molecule has 0 aliphatic carbocycles. The molecule has 0 spiro atoms. The summed E-state index contributed by atoms with van der Waals surface area (Å²) in [6, 6.07) is 19.5. The smallest absolute Gasteiger partial charge is 0.0846 e. The van der Waals surface area contributed by atoms with Gasteiger partial charge in [-0.1, -0.05) is 80.4 Å². The van der Waals surface area contributed by atoms with Gasteiger partial charge in [-0.15, -0.1) is 0 Å². The third-order valence-electron chi connectivity index (χ3n) is 6.43. The van der Waals surface area contributed by atoms with Gasteiger partial charge in [0.2, 0.25) is 0 Å². The van der Waals surface area contributed by atoms with E-state index in [2.05, 4.69) is 76.0 Å². The molecule has 3 unspecified atom stereocenters. The van der Waals surface area contributed by atoms with Gasteiger partial charge < -0.3 is 0 Å². The van der Waals surface area contributed by atoms with E-state index in [0.717, 1.165) is 24.8 Å². The molecule has 0 aliphatic rings. The molecule has 0 N–H and O–H groups in total. The van der Waals surface area contributed by atoms with Crippen LogP contribution in [0.1, 0.15) is 64.1 Å². The first-order valence-electron chi connectivity index (χ1n) is 10.4. The van der Waals surface area contributed by atoms with E-state index in [0.29, 0.717) is 22.1 Å². The van der Waals surface area contributed by atoms with Crippen LogP contribution in [0.4, 0.5) is 0 Å². The van der Waals surface area contributed by atoms with Gasteiger partial charge in [0.15, 0.2) is 0 Å². The SMILES string of the molecule is CCC(CCC(C#N)(c1ccc(Cl)c(Cl)c1)C(C)C)N(C)C(C)c1ccccc1. The Morgan fingerprint density at radius 3 is 2.21 bits per heavy atom. The van der Waals surface area contributed by atoms with Gasteiger partial charge >= 0.3 is 0 Å². The van der Waals surface area contributed by atoms with Crippen molar-refractivity contribution in [2.75, 3.05) is 7.05 Å². The number of benzene rings is 2. The van der Waals surface area contributed by atoms with E-state index in [4.69, 9.17) is 23.2 Å². The second-order valence-electron chi connectivity index (χ2n) is 8.22. The lowest BCUT2D eigenvalue weighted by atomic mass is 9.69. The van der Waals surface area contributed by atoms with Crippen molar-refractivity contribution < 1.29 is 0 Å². The second kappa shape index (κ2) is 10.5. The summed E-state index contributed by atoms with van der Waals surface area (Å²) < 4.78 is 0. The summed E-state index contributed by atoms with van der Waals surface area (Å²) in [4.78, 5) is 2.44.